The molecule has 2 rings (SSSR count). The molecule has 0 N–H and O–H groups in total. The van der Waals surface area contributed by atoms with Crippen LogP contribution in [0.2, 0.25) is 5.02 Å². The average molecular weight is 290 g/mol. The number of hydrogen-bond acceptors (Lipinski definition) is 0. The molecule has 16 heavy (non-hydrogen) atoms. The second-order valence-electron chi connectivity index (χ2n) is 3.14. The molecule has 0 heterocycles. The molecule has 0 atom stereocenters. The third-order valence-corrected chi connectivity index (χ3v) is 2.35. The minimum absolute atomic E-state index is 0. The summed E-state index contributed by atoms with van der Waals surface area (Å²) < 4.78 is 25.6. The van der Waals surface area contributed by atoms with Crippen LogP contribution in [0.3, 0.4) is 0 Å². The van der Waals surface area contributed by atoms with Crippen molar-refractivity contribution in [2.24, 2.45) is 0 Å². The van der Waals surface area contributed by atoms with Gasteiger partial charge in [-0.25, -0.2) is 8.78 Å². The van der Waals surface area contributed by atoms with Crippen LogP contribution in [0, 0.1) is 11.6 Å². The van der Waals surface area contributed by atoms with Crippen LogP contribution in [0.4, 0.5) is 8.78 Å². The van der Waals surface area contributed by atoms with Gasteiger partial charge in [0.15, 0.2) is 11.6 Å². The molecular formula is C12H7ClF2Zn. The normalized spacial score (nSPS) is 9.69. The predicted octanol–water partition coefficient (Wildman–Crippen LogP) is 4.28. The van der Waals surface area contributed by atoms with Crippen molar-refractivity contribution in [2.75, 3.05) is 0 Å². The molecule has 0 nitrogen and oxygen atoms in total. The van der Waals surface area contributed by atoms with E-state index in [0.717, 1.165) is 11.6 Å². The Morgan fingerprint density at radius 1 is 0.750 bits per heavy atom. The van der Waals surface area contributed by atoms with E-state index in [1.807, 2.05) is 0 Å². The number of rotatable bonds is 1. The summed E-state index contributed by atoms with van der Waals surface area (Å²) in [5.41, 5.74) is 1.43. The first-order chi connectivity index (χ1) is 7.16. The zero-order chi connectivity index (χ0) is 10.8. The monoisotopic (exact) mass is 288 g/mol. The van der Waals surface area contributed by atoms with Gasteiger partial charge in [-0.2, -0.15) is 0 Å². The number of halogens is 3. The summed E-state index contributed by atoms with van der Waals surface area (Å²) in [5, 5.41) is 0.612. The Morgan fingerprint density at radius 3 is 1.88 bits per heavy atom. The molecule has 0 aliphatic heterocycles. The molecule has 0 amide bonds. The third kappa shape index (κ3) is 2.87. The van der Waals surface area contributed by atoms with E-state index in [1.165, 1.54) is 12.1 Å². The van der Waals surface area contributed by atoms with E-state index in [4.69, 9.17) is 11.6 Å². The SMILES string of the molecule is Fc1ccc(-c2ccc(Cl)cc2)cc1F.[Zn]. The average Bonchev–Trinajstić information content (AvgIpc) is 2.23. The summed E-state index contributed by atoms with van der Waals surface area (Å²) >= 11 is 5.72. The maximum absolute atomic E-state index is 12.9. The molecule has 0 unspecified atom stereocenters. The molecule has 0 saturated carbocycles. The Bertz CT molecular complexity index is 483. The Morgan fingerprint density at radius 2 is 1.31 bits per heavy atom. The standard InChI is InChI=1S/C12H7ClF2.Zn/c13-10-4-1-8(2-5-10)9-3-6-11(14)12(15)7-9;/h1-7H;. The molecule has 0 bridgehead atoms. The fourth-order valence-corrected chi connectivity index (χ4v) is 1.44. The van der Waals surface area contributed by atoms with Gasteiger partial charge in [-0.1, -0.05) is 29.8 Å². The number of hydrogen-bond donors (Lipinski definition) is 0. The van der Waals surface area contributed by atoms with Gasteiger partial charge in [-0.15, -0.1) is 0 Å². The topological polar surface area (TPSA) is 0 Å². The molecule has 0 radical (unpaired) electrons. The van der Waals surface area contributed by atoms with Crippen molar-refractivity contribution in [3.8, 4) is 11.1 Å². The zero-order valence-electron chi connectivity index (χ0n) is 8.38. The molecule has 2 aromatic rings. The molecular weight excluding hydrogens is 283 g/mol. The van der Waals surface area contributed by atoms with Crippen LogP contribution in [0.5, 0.6) is 0 Å². The first-order valence-electron chi connectivity index (χ1n) is 4.38. The fraction of sp³-hybridized carbons (Fsp3) is 0. The fourth-order valence-electron chi connectivity index (χ4n) is 1.32. The van der Waals surface area contributed by atoms with E-state index in [0.29, 0.717) is 10.6 Å². The van der Waals surface area contributed by atoms with Gasteiger partial charge in [-0.3, -0.25) is 0 Å². The molecule has 78 valence electrons. The van der Waals surface area contributed by atoms with Gasteiger partial charge in [0, 0.05) is 24.5 Å². The van der Waals surface area contributed by atoms with Crippen molar-refractivity contribution in [2.45, 2.75) is 0 Å². The second-order valence-corrected chi connectivity index (χ2v) is 3.57. The van der Waals surface area contributed by atoms with Crippen molar-refractivity contribution < 1.29 is 28.3 Å². The Kier molecular flexibility index (Phi) is 4.58. The van der Waals surface area contributed by atoms with E-state index in [1.54, 1.807) is 24.3 Å². The van der Waals surface area contributed by atoms with Gasteiger partial charge in [-0.05, 0) is 35.4 Å². The van der Waals surface area contributed by atoms with Crippen LogP contribution < -0.4 is 0 Å². The van der Waals surface area contributed by atoms with Crippen LogP contribution in [0.15, 0.2) is 42.5 Å². The minimum Gasteiger partial charge on any atom is -0.204 e. The molecule has 4 heteroatoms. The summed E-state index contributed by atoms with van der Waals surface area (Å²) in [6.45, 7) is 0. The summed E-state index contributed by atoms with van der Waals surface area (Å²) in [4.78, 5) is 0. The molecule has 0 saturated heterocycles. The van der Waals surface area contributed by atoms with Crippen molar-refractivity contribution in [1.82, 2.24) is 0 Å². The quantitative estimate of drug-likeness (QED) is 0.687. The maximum Gasteiger partial charge on any atom is 0.159 e. The predicted molar refractivity (Wildman–Crippen MR) is 56.8 cm³/mol. The zero-order valence-corrected chi connectivity index (χ0v) is 12.1. The van der Waals surface area contributed by atoms with Crippen molar-refractivity contribution >= 4 is 11.6 Å². The Hall–Kier alpha value is -0.787. The summed E-state index contributed by atoms with van der Waals surface area (Å²) in [5.74, 6) is -1.69. The molecule has 0 aromatic heterocycles. The second kappa shape index (κ2) is 5.51. The van der Waals surface area contributed by atoms with Crippen molar-refractivity contribution in [1.29, 1.82) is 0 Å². The van der Waals surface area contributed by atoms with Crippen LogP contribution in [0.1, 0.15) is 0 Å². The van der Waals surface area contributed by atoms with Gasteiger partial charge in [0.1, 0.15) is 0 Å². The summed E-state index contributed by atoms with van der Waals surface area (Å²) in [6, 6.07) is 10.7. The third-order valence-electron chi connectivity index (χ3n) is 2.10. The van der Waals surface area contributed by atoms with E-state index in [9.17, 15) is 8.78 Å². The molecule has 2 aromatic carbocycles. The van der Waals surface area contributed by atoms with Crippen LogP contribution >= 0.6 is 11.6 Å². The van der Waals surface area contributed by atoms with E-state index < -0.39 is 11.6 Å². The summed E-state index contributed by atoms with van der Waals surface area (Å²) in [7, 11) is 0. The van der Waals surface area contributed by atoms with Crippen LogP contribution in [-0.4, -0.2) is 0 Å². The van der Waals surface area contributed by atoms with Gasteiger partial charge in [0.2, 0.25) is 0 Å². The largest absolute Gasteiger partial charge is 0.204 e. The van der Waals surface area contributed by atoms with Gasteiger partial charge in [0.05, 0.1) is 0 Å². The minimum atomic E-state index is -0.845. The first kappa shape index (κ1) is 13.3. The summed E-state index contributed by atoms with van der Waals surface area (Å²) in [6.07, 6.45) is 0. The number of benzene rings is 2. The van der Waals surface area contributed by atoms with E-state index >= 15 is 0 Å². The van der Waals surface area contributed by atoms with Gasteiger partial charge >= 0.3 is 0 Å². The van der Waals surface area contributed by atoms with Crippen molar-refractivity contribution in [3.05, 3.63) is 59.1 Å². The maximum atomic E-state index is 12.9. The van der Waals surface area contributed by atoms with E-state index in [2.05, 4.69) is 0 Å². The molecule has 0 aliphatic rings. The Labute approximate surface area is 110 Å². The van der Waals surface area contributed by atoms with Gasteiger partial charge < -0.3 is 0 Å². The smallest absolute Gasteiger partial charge is 0.159 e. The Balaban J connectivity index is 0.00000128. The van der Waals surface area contributed by atoms with Gasteiger partial charge in [0.25, 0.3) is 0 Å². The van der Waals surface area contributed by atoms with Crippen LogP contribution in [-0.2, 0) is 19.5 Å². The van der Waals surface area contributed by atoms with Crippen LogP contribution in [0.25, 0.3) is 11.1 Å². The van der Waals surface area contributed by atoms with E-state index in [-0.39, 0.29) is 19.5 Å². The first-order valence-corrected chi connectivity index (χ1v) is 4.75. The molecule has 0 fully saturated rings. The molecule has 0 aliphatic carbocycles. The molecule has 0 spiro atoms. The van der Waals surface area contributed by atoms with Crippen molar-refractivity contribution in [3.63, 3.8) is 0 Å².